The summed E-state index contributed by atoms with van der Waals surface area (Å²) < 4.78 is 0. The Balaban J connectivity index is 0.00000253. The van der Waals surface area contributed by atoms with Crippen LogP contribution in [0.5, 0.6) is 0 Å². The Kier molecular flexibility index (Phi) is 6.90. The fraction of sp³-hybridized carbons (Fsp3) is 0.147. The fourth-order valence-corrected chi connectivity index (χ4v) is 5.84. The molecule has 2 aliphatic carbocycles. The predicted octanol–water partition coefficient (Wildman–Crippen LogP) is 9.31. The van der Waals surface area contributed by atoms with Crippen LogP contribution in [0.1, 0.15) is 54.4 Å². The molecular formula is C34H29Zr-. The molecule has 0 saturated carbocycles. The quantitative estimate of drug-likeness (QED) is 0.226. The monoisotopic (exact) mass is 527 g/mol. The van der Waals surface area contributed by atoms with Gasteiger partial charge in [0, 0.05) is 26.2 Å². The minimum absolute atomic E-state index is 0. The van der Waals surface area contributed by atoms with Gasteiger partial charge in [0.1, 0.15) is 0 Å². The van der Waals surface area contributed by atoms with Crippen molar-refractivity contribution in [1.82, 2.24) is 0 Å². The van der Waals surface area contributed by atoms with E-state index in [0.717, 1.165) is 6.42 Å². The van der Waals surface area contributed by atoms with Gasteiger partial charge >= 0.3 is 0 Å². The van der Waals surface area contributed by atoms with E-state index in [4.69, 9.17) is 0 Å². The van der Waals surface area contributed by atoms with Gasteiger partial charge in [0.15, 0.2) is 0 Å². The Hall–Kier alpha value is -2.76. The van der Waals surface area contributed by atoms with Gasteiger partial charge in [0.05, 0.1) is 0 Å². The Morgan fingerprint density at radius 1 is 0.571 bits per heavy atom. The molecule has 0 saturated heterocycles. The first-order valence-corrected chi connectivity index (χ1v) is 12.3. The Morgan fingerprint density at radius 3 is 1.69 bits per heavy atom. The van der Waals surface area contributed by atoms with Crippen LogP contribution in [0.2, 0.25) is 0 Å². The van der Waals surface area contributed by atoms with Crippen LogP contribution in [0.15, 0.2) is 108 Å². The van der Waals surface area contributed by atoms with Gasteiger partial charge in [-0.05, 0) is 58.7 Å². The molecule has 35 heavy (non-hydrogen) atoms. The molecule has 0 amide bonds. The molecule has 0 N–H and O–H groups in total. The van der Waals surface area contributed by atoms with Gasteiger partial charge in [-0.25, -0.2) is 0 Å². The van der Waals surface area contributed by atoms with Crippen molar-refractivity contribution in [2.45, 2.75) is 32.1 Å². The van der Waals surface area contributed by atoms with E-state index in [-0.39, 0.29) is 26.2 Å². The maximum atomic E-state index is 2.55. The van der Waals surface area contributed by atoms with Crippen LogP contribution in [0.25, 0.3) is 34.4 Å². The van der Waals surface area contributed by atoms with Gasteiger partial charge < -0.3 is 6.42 Å². The van der Waals surface area contributed by atoms with Gasteiger partial charge in [-0.3, -0.25) is 0 Å². The average molecular weight is 529 g/mol. The molecule has 0 nitrogen and oxygen atoms in total. The second kappa shape index (κ2) is 10.1. The maximum absolute atomic E-state index is 2.55. The molecule has 1 heteroatoms. The number of hydrogen-bond acceptors (Lipinski definition) is 0. The molecule has 0 aliphatic heterocycles. The van der Waals surface area contributed by atoms with Crippen LogP contribution in [0, 0.1) is 6.42 Å². The van der Waals surface area contributed by atoms with Crippen molar-refractivity contribution >= 4 is 12.2 Å². The summed E-state index contributed by atoms with van der Waals surface area (Å²) in [6.07, 6.45) is 8.42. The van der Waals surface area contributed by atoms with Crippen LogP contribution in [0.3, 0.4) is 0 Å². The first-order chi connectivity index (χ1) is 16.7. The van der Waals surface area contributed by atoms with Crippen molar-refractivity contribution in [3.05, 3.63) is 137 Å². The summed E-state index contributed by atoms with van der Waals surface area (Å²) in [5.74, 6) is 0.834. The summed E-state index contributed by atoms with van der Waals surface area (Å²) >= 11 is 0. The second-order valence-corrected chi connectivity index (χ2v) is 9.63. The molecule has 2 unspecified atom stereocenters. The van der Waals surface area contributed by atoms with Crippen molar-refractivity contribution in [3.8, 4) is 22.3 Å². The smallest absolute Gasteiger partial charge is 0 e. The van der Waals surface area contributed by atoms with Crippen molar-refractivity contribution < 1.29 is 26.2 Å². The van der Waals surface area contributed by atoms with Crippen LogP contribution in [-0.2, 0) is 26.2 Å². The van der Waals surface area contributed by atoms with Crippen molar-refractivity contribution in [2.24, 2.45) is 0 Å². The zero-order valence-electron chi connectivity index (χ0n) is 20.3. The molecule has 2 atom stereocenters. The molecular weight excluding hydrogens is 500 g/mol. The number of fused-ring (bicyclic) bond motifs is 2. The Bertz CT molecular complexity index is 1300. The third kappa shape index (κ3) is 4.36. The Labute approximate surface area is 228 Å². The normalized spacial score (nSPS) is 17.8. The predicted molar refractivity (Wildman–Crippen MR) is 145 cm³/mol. The topological polar surface area (TPSA) is 0 Å². The molecule has 4 aromatic rings. The third-order valence-electron chi connectivity index (χ3n) is 7.55. The summed E-state index contributed by atoms with van der Waals surface area (Å²) in [6, 6.07) is 35.1. The molecule has 2 aliphatic rings. The minimum Gasteiger partial charge on any atom is -0.316 e. The Morgan fingerprint density at radius 2 is 1.09 bits per heavy atom. The number of rotatable bonds is 5. The van der Waals surface area contributed by atoms with E-state index in [1.165, 1.54) is 55.7 Å². The molecule has 0 fully saturated rings. The standard InChI is InChI=1S/C34H29.Zr/c1-23-21-33-29(25-11-5-3-6-12-25)15-9-17-31(33)27(23)19-20-28-24(2)22-34-30(16-10-18-32(28)34)26-13-7-4-8-14-26;/h3-19,21-22,27-28H,20H2,1-2H3;/q-1;. The molecule has 0 bridgehead atoms. The first-order valence-electron chi connectivity index (χ1n) is 12.3. The molecule has 0 radical (unpaired) electrons. The molecule has 0 aromatic heterocycles. The molecule has 6 rings (SSSR count). The second-order valence-electron chi connectivity index (χ2n) is 9.63. The van der Waals surface area contributed by atoms with E-state index >= 15 is 0 Å². The van der Waals surface area contributed by atoms with E-state index in [0.29, 0.717) is 11.8 Å². The van der Waals surface area contributed by atoms with Gasteiger partial charge in [-0.15, -0.1) is 5.92 Å². The van der Waals surface area contributed by atoms with Crippen molar-refractivity contribution in [1.29, 1.82) is 0 Å². The van der Waals surface area contributed by atoms with Crippen LogP contribution >= 0.6 is 0 Å². The molecule has 0 heterocycles. The summed E-state index contributed by atoms with van der Waals surface area (Å²) in [4.78, 5) is 0. The van der Waals surface area contributed by atoms with E-state index in [9.17, 15) is 0 Å². The zero-order valence-corrected chi connectivity index (χ0v) is 22.8. The van der Waals surface area contributed by atoms with E-state index in [2.05, 4.69) is 129 Å². The summed E-state index contributed by atoms with van der Waals surface area (Å²) in [5.41, 5.74) is 13.9. The molecule has 4 aromatic carbocycles. The van der Waals surface area contributed by atoms with Gasteiger partial charge in [0.2, 0.25) is 0 Å². The average Bonchev–Trinajstić information content (AvgIpc) is 3.38. The maximum Gasteiger partial charge on any atom is 0 e. The van der Waals surface area contributed by atoms with E-state index in [1.54, 1.807) is 0 Å². The molecule has 170 valence electrons. The van der Waals surface area contributed by atoms with E-state index < -0.39 is 0 Å². The van der Waals surface area contributed by atoms with Crippen LogP contribution in [-0.4, -0.2) is 0 Å². The van der Waals surface area contributed by atoms with Crippen LogP contribution < -0.4 is 0 Å². The fourth-order valence-electron chi connectivity index (χ4n) is 5.84. The van der Waals surface area contributed by atoms with Gasteiger partial charge in [-0.1, -0.05) is 126 Å². The first kappa shape index (κ1) is 24.0. The zero-order chi connectivity index (χ0) is 23.1. The van der Waals surface area contributed by atoms with Crippen molar-refractivity contribution in [2.75, 3.05) is 0 Å². The van der Waals surface area contributed by atoms with Crippen molar-refractivity contribution in [3.63, 3.8) is 0 Å². The summed E-state index contributed by atoms with van der Waals surface area (Å²) in [5, 5.41) is 0. The van der Waals surface area contributed by atoms with Gasteiger partial charge in [0.25, 0.3) is 0 Å². The van der Waals surface area contributed by atoms with E-state index in [1.807, 2.05) is 0 Å². The van der Waals surface area contributed by atoms with Crippen LogP contribution in [0.4, 0.5) is 0 Å². The molecule has 0 spiro atoms. The largest absolute Gasteiger partial charge is 0.316 e. The summed E-state index contributed by atoms with van der Waals surface area (Å²) in [7, 11) is 0. The number of hydrogen-bond donors (Lipinski definition) is 0. The minimum atomic E-state index is 0. The summed E-state index contributed by atoms with van der Waals surface area (Å²) in [6.45, 7) is 4.58. The van der Waals surface area contributed by atoms with Gasteiger partial charge in [-0.2, -0.15) is 6.42 Å². The number of benzene rings is 4. The number of allylic oxidation sites excluding steroid dienone is 2. The third-order valence-corrected chi connectivity index (χ3v) is 7.55. The SMILES string of the molecule is CC1=Cc2c(-c3ccccc3)cccc2C1[CH-]CC1C(C)=Cc2c(-c3ccccc3)cccc21.[Zr].